The third-order valence-electron chi connectivity index (χ3n) is 23.4. The number of hydrogen-bond acceptors (Lipinski definition) is 2. The van der Waals surface area contributed by atoms with Crippen molar-refractivity contribution in [1.82, 2.24) is 0 Å². The summed E-state index contributed by atoms with van der Waals surface area (Å²) in [6, 6.07) is 137. The predicted octanol–water partition coefficient (Wildman–Crippen LogP) is 29.6. The van der Waals surface area contributed by atoms with Crippen LogP contribution in [0.4, 0.5) is 34.1 Å². The van der Waals surface area contributed by atoms with E-state index in [9.17, 15) is 0 Å². The van der Waals surface area contributed by atoms with Crippen molar-refractivity contribution < 1.29 is 0 Å². The van der Waals surface area contributed by atoms with Gasteiger partial charge in [-0.2, -0.15) is 0 Å². The van der Waals surface area contributed by atoms with Gasteiger partial charge in [-0.3, -0.25) is 0 Å². The lowest BCUT2D eigenvalue weighted by Gasteiger charge is -2.35. The van der Waals surface area contributed by atoms with Crippen molar-refractivity contribution in [2.75, 3.05) is 9.80 Å². The van der Waals surface area contributed by atoms with Crippen LogP contribution in [-0.4, -0.2) is 0 Å². The maximum atomic E-state index is 4.14. The molecule has 0 spiro atoms. The maximum absolute atomic E-state index is 4.14. The normalized spacial score (nSPS) is 14.4. The second-order valence-corrected chi connectivity index (χ2v) is 29.8. The summed E-state index contributed by atoms with van der Waals surface area (Å²) in [6.45, 7) is 12.9. The van der Waals surface area contributed by atoms with Crippen molar-refractivity contribution >= 4 is 46.3 Å². The van der Waals surface area contributed by atoms with Gasteiger partial charge in [0.25, 0.3) is 0 Å². The highest BCUT2D eigenvalue weighted by Crippen LogP contribution is 2.60. The van der Waals surface area contributed by atoms with Crippen LogP contribution in [0.25, 0.3) is 78.9 Å². The molecule has 15 aromatic rings. The van der Waals surface area contributed by atoms with Crippen LogP contribution in [0.2, 0.25) is 0 Å². The molecule has 0 fully saturated rings. The van der Waals surface area contributed by atoms with Gasteiger partial charge >= 0.3 is 0 Å². The lowest BCUT2D eigenvalue weighted by molar-refractivity contribution is 0.664. The monoisotopic (exact) mass is 1420 g/mol. The van der Waals surface area contributed by atoms with Crippen molar-refractivity contribution in [3.8, 4) is 66.8 Å². The summed E-state index contributed by atoms with van der Waals surface area (Å²) in [5.74, 6) is 0. The van der Waals surface area contributed by atoms with E-state index < -0.39 is 10.8 Å². The van der Waals surface area contributed by atoms with Crippen LogP contribution in [0.1, 0.15) is 132 Å². The summed E-state index contributed by atoms with van der Waals surface area (Å²) < 4.78 is 0. The van der Waals surface area contributed by atoms with Crippen LogP contribution in [0.3, 0.4) is 0 Å². The van der Waals surface area contributed by atoms with Gasteiger partial charge in [-0.25, -0.2) is 0 Å². The van der Waals surface area contributed by atoms with E-state index in [-0.39, 0.29) is 0 Å². The molecule has 0 bridgehead atoms. The summed E-state index contributed by atoms with van der Waals surface area (Å²) in [4.78, 5) is 4.95. The number of unbranched alkanes of at least 4 members (excludes halogenated alkanes) is 6. The van der Waals surface area contributed by atoms with Crippen LogP contribution in [-0.2, 0) is 23.7 Å². The van der Waals surface area contributed by atoms with E-state index in [1.165, 1.54) is 161 Å². The Hall–Kier alpha value is -12.6. The number of aryl methyl sites for hydroxylation is 2. The lowest BCUT2D eigenvalue weighted by Crippen LogP contribution is -2.28. The second-order valence-electron chi connectivity index (χ2n) is 29.8. The van der Waals surface area contributed by atoms with E-state index in [0.29, 0.717) is 0 Å². The summed E-state index contributed by atoms with van der Waals surface area (Å²) in [5.41, 5.74) is 35.3. The first kappa shape index (κ1) is 70.4. The fourth-order valence-electron chi connectivity index (χ4n) is 18.0. The zero-order chi connectivity index (χ0) is 74.4. The number of hydrogen-bond donors (Lipinski definition) is 0. The average Bonchev–Trinajstić information content (AvgIpc) is 1.53. The number of benzene rings is 15. The number of anilines is 6. The minimum Gasteiger partial charge on any atom is -0.310 e. The van der Waals surface area contributed by atoms with Gasteiger partial charge in [-0.1, -0.05) is 369 Å². The van der Waals surface area contributed by atoms with Crippen molar-refractivity contribution in [2.45, 2.75) is 88.9 Å². The number of rotatable bonds is 26. The van der Waals surface area contributed by atoms with E-state index in [0.717, 1.165) is 70.9 Å². The van der Waals surface area contributed by atoms with E-state index in [4.69, 9.17) is 0 Å². The highest BCUT2D eigenvalue weighted by molar-refractivity contribution is 5.93. The van der Waals surface area contributed by atoms with Crippen LogP contribution in [0.5, 0.6) is 0 Å². The second kappa shape index (κ2) is 31.3. The molecule has 0 heterocycles. The molecule has 15 aromatic carbocycles. The Kier molecular flexibility index (Phi) is 20.0. The van der Waals surface area contributed by atoms with E-state index in [2.05, 4.69) is 401 Å². The quantitative estimate of drug-likeness (QED) is 0.0499. The van der Waals surface area contributed by atoms with Gasteiger partial charge in [-0.05, 0) is 232 Å². The van der Waals surface area contributed by atoms with Crippen LogP contribution >= 0.6 is 0 Å². The van der Waals surface area contributed by atoms with Gasteiger partial charge in [0.05, 0.1) is 10.8 Å². The SMILES string of the molecule is C=Cc1ccc(C2(c3ccccc3)c3ccccc3-c3ccc(N(c4ccc(-c5ccccc5)cc4)c4ccc(-c5cc(CCCCCC)c(-c6ccc(N(c7ccc(-c8ccccc8)cc7)c7ccc8c(c7)C(c7ccccc7)(c7ccc(C=C)cc7)c7ccccc7-8)cc6)cc5CCCCCC)cc4)cc32)cc1. The smallest absolute Gasteiger partial charge is 0.0714 e. The first-order valence-electron chi connectivity index (χ1n) is 39.7. The van der Waals surface area contributed by atoms with Gasteiger partial charge in [-0.15, -0.1) is 0 Å². The van der Waals surface area contributed by atoms with Gasteiger partial charge in [0, 0.05) is 34.1 Å². The van der Waals surface area contributed by atoms with Crippen molar-refractivity contribution in [2.24, 2.45) is 0 Å². The molecular weight excluding hydrogens is 1330 g/mol. The first-order chi connectivity index (χ1) is 54.4. The first-order valence-corrected chi connectivity index (χ1v) is 39.7. The topological polar surface area (TPSA) is 6.48 Å². The molecule has 2 aliphatic carbocycles. The fourth-order valence-corrected chi connectivity index (χ4v) is 18.0. The Morgan fingerprint density at radius 3 is 0.873 bits per heavy atom. The van der Waals surface area contributed by atoms with E-state index in [1.54, 1.807) is 0 Å². The minimum absolute atomic E-state index is 0.587. The molecule has 0 aromatic heterocycles. The van der Waals surface area contributed by atoms with Crippen LogP contribution < -0.4 is 9.80 Å². The summed E-state index contributed by atoms with van der Waals surface area (Å²) in [7, 11) is 0. The maximum Gasteiger partial charge on any atom is 0.0714 e. The molecule has 0 saturated heterocycles. The van der Waals surface area contributed by atoms with Gasteiger partial charge in [0.2, 0.25) is 0 Å². The number of nitrogens with zero attached hydrogens (tertiary/aromatic N) is 2. The fraction of sp³-hybridized carbons (Fsp3) is 0.130. The van der Waals surface area contributed by atoms with Gasteiger partial charge in [0.1, 0.15) is 0 Å². The third kappa shape index (κ3) is 13.0. The Bertz CT molecular complexity index is 5370. The molecule has 2 atom stereocenters. The van der Waals surface area contributed by atoms with Crippen molar-refractivity contribution in [1.29, 1.82) is 0 Å². The summed E-state index contributed by atoms with van der Waals surface area (Å²) >= 11 is 0. The van der Waals surface area contributed by atoms with Crippen molar-refractivity contribution in [3.05, 3.63) is 444 Å². The zero-order valence-electron chi connectivity index (χ0n) is 63.2. The molecule has 110 heavy (non-hydrogen) atoms. The van der Waals surface area contributed by atoms with E-state index >= 15 is 0 Å². The highest BCUT2D eigenvalue weighted by atomic mass is 15.1. The van der Waals surface area contributed by atoms with Gasteiger partial charge in [0.15, 0.2) is 0 Å². The van der Waals surface area contributed by atoms with Crippen LogP contribution in [0, 0.1) is 0 Å². The summed E-state index contributed by atoms with van der Waals surface area (Å²) in [5, 5.41) is 0. The largest absolute Gasteiger partial charge is 0.310 e. The molecule has 2 heteroatoms. The van der Waals surface area contributed by atoms with Gasteiger partial charge < -0.3 is 9.80 Å². The molecule has 2 unspecified atom stereocenters. The molecule has 0 radical (unpaired) electrons. The molecular formula is C108H92N2. The molecule has 0 saturated carbocycles. The Labute approximate surface area is 651 Å². The molecule has 0 amide bonds. The molecule has 0 aliphatic heterocycles. The standard InChI is InChI=1S/C108H92N2/c1-5-9-11-17-35-85-73-102(84-55-67-94(68-56-84)110(92-63-51-82(52-64-92)80-33-21-14-22-34-80)96-70-72-100-98-42-28-30-44-104(98)108(106(100)76-96,88-39-25-16-26-40-88)90-59-47-78(8-4)48-60-90)86(36-18-12-10-6-2)74-101(85)83-53-65-93(66-54-83)109(91-61-49-81(50-62-91)79-31-19-13-20-32-79)95-69-71-99-97-41-27-29-43-103(97)107(105(99)75-95,87-37-23-15-24-38-87)89-57-45-77(7-3)46-58-89/h7-8,13-16,19-34,37-76H,3-6,9-12,17-18,35-36H2,1-2H3. The third-order valence-corrected chi connectivity index (χ3v) is 23.4. The van der Waals surface area contributed by atoms with Crippen LogP contribution in [0.15, 0.2) is 377 Å². The molecule has 2 aliphatic rings. The molecule has 0 N–H and O–H groups in total. The Balaban J connectivity index is 0.784. The Morgan fingerprint density at radius 2 is 0.527 bits per heavy atom. The number of fused-ring (bicyclic) bond motifs is 6. The Morgan fingerprint density at radius 1 is 0.236 bits per heavy atom. The molecule has 2 nitrogen and oxygen atoms in total. The van der Waals surface area contributed by atoms with Crippen molar-refractivity contribution in [3.63, 3.8) is 0 Å². The molecule has 534 valence electrons. The average molecular weight is 1420 g/mol. The van der Waals surface area contributed by atoms with E-state index in [1.807, 2.05) is 12.2 Å². The predicted molar refractivity (Wildman–Crippen MR) is 468 cm³/mol. The minimum atomic E-state index is -0.587. The zero-order valence-corrected chi connectivity index (χ0v) is 63.2. The summed E-state index contributed by atoms with van der Waals surface area (Å²) in [6.07, 6.45) is 15.3. The highest BCUT2D eigenvalue weighted by Gasteiger charge is 2.48. The molecule has 17 rings (SSSR count). The lowest BCUT2D eigenvalue weighted by atomic mass is 9.67.